The van der Waals surface area contributed by atoms with Crippen molar-refractivity contribution >= 4 is 5.71 Å². The van der Waals surface area contributed by atoms with Gasteiger partial charge >= 0.3 is 0 Å². The number of aliphatic hydroxyl groups is 1. The van der Waals surface area contributed by atoms with E-state index in [1.807, 2.05) is 37.3 Å². The lowest BCUT2D eigenvalue weighted by molar-refractivity contribution is -0.222. The van der Waals surface area contributed by atoms with Gasteiger partial charge in [-0.2, -0.15) is 0 Å². The van der Waals surface area contributed by atoms with Crippen molar-refractivity contribution in [1.82, 2.24) is 0 Å². The molecule has 0 amide bonds. The molecule has 0 aliphatic carbocycles. The fourth-order valence-corrected chi connectivity index (χ4v) is 2.19. The molecule has 3 atom stereocenters. The van der Waals surface area contributed by atoms with Gasteiger partial charge in [-0.25, -0.2) is 0 Å². The third-order valence-corrected chi connectivity index (χ3v) is 3.34. The quantitative estimate of drug-likeness (QED) is 0.894. The maximum Gasteiger partial charge on any atom is 0.234 e. The summed E-state index contributed by atoms with van der Waals surface area (Å²) in [5, 5.41) is 13.9. The second-order valence-corrected chi connectivity index (χ2v) is 4.79. The van der Waals surface area contributed by atoms with E-state index in [2.05, 4.69) is 5.16 Å². The van der Waals surface area contributed by atoms with Gasteiger partial charge in [0, 0.05) is 26.4 Å². The molecule has 1 aromatic rings. The summed E-state index contributed by atoms with van der Waals surface area (Å²) in [5.74, 6) is -0.719. The van der Waals surface area contributed by atoms with Crippen molar-refractivity contribution in [3.05, 3.63) is 35.9 Å². The highest BCUT2D eigenvalue weighted by atomic mass is 16.8. The van der Waals surface area contributed by atoms with Crippen LogP contribution in [0.25, 0.3) is 0 Å². The summed E-state index contributed by atoms with van der Waals surface area (Å²) in [6.45, 7) is 3.55. The van der Waals surface area contributed by atoms with Gasteiger partial charge in [-0.1, -0.05) is 35.5 Å². The van der Waals surface area contributed by atoms with Gasteiger partial charge in [-0.05, 0) is 12.5 Å². The smallest absolute Gasteiger partial charge is 0.234 e. The summed E-state index contributed by atoms with van der Waals surface area (Å²) in [6.07, 6.45) is 0.00802. The minimum Gasteiger partial charge on any atom is -0.387 e. The molecule has 98 valence electrons. The van der Waals surface area contributed by atoms with Crippen LogP contribution in [-0.4, -0.2) is 29.8 Å². The van der Waals surface area contributed by atoms with Crippen LogP contribution >= 0.6 is 0 Å². The lowest BCUT2D eigenvalue weighted by Gasteiger charge is -2.35. The molecule has 0 saturated carbocycles. The van der Waals surface area contributed by atoms with Gasteiger partial charge in [0.25, 0.3) is 0 Å². The highest BCUT2D eigenvalue weighted by Crippen LogP contribution is 2.35. The lowest BCUT2D eigenvalue weighted by Crippen LogP contribution is -2.40. The normalized spacial score (nSPS) is 29.3. The van der Waals surface area contributed by atoms with Gasteiger partial charge in [-0.3, -0.25) is 0 Å². The first-order chi connectivity index (χ1) is 8.56. The Morgan fingerprint density at radius 1 is 1.44 bits per heavy atom. The van der Waals surface area contributed by atoms with Crippen molar-refractivity contribution in [3.8, 4) is 0 Å². The molecule has 0 unspecified atom stereocenters. The van der Waals surface area contributed by atoms with E-state index in [0.29, 0.717) is 12.1 Å². The zero-order chi connectivity index (χ0) is 13.2. The van der Waals surface area contributed by atoms with Crippen molar-refractivity contribution in [2.75, 3.05) is 7.11 Å². The van der Waals surface area contributed by atoms with Gasteiger partial charge in [0.2, 0.25) is 5.79 Å². The molecule has 0 bridgehead atoms. The number of benzene rings is 1. The van der Waals surface area contributed by atoms with E-state index >= 15 is 0 Å². The molecule has 4 heteroatoms. The van der Waals surface area contributed by atoms with E-state index < -0.39 is 11.9 Å². The number of ether oxygens (including phenoxy) is 1. The molecule has 2 rings (SSSR count). The maximum atomic E-state index is 9.80. The number of hydrogen-bond donors (Lipinski definition) is 1. The Bertz CT molecular complexity index is 430. The van der Waals surface area contributed by atoms with Gasteiger partial charge < -0.3 is 14.7 Å². The number of aliphatic hydroxyl groups excluding tert-OH is 1. The van der Waals surface area contributed by atoms with E-state index in [0.717, 1.165) is 5.56 Å². The summed E-state index contributed by atoms with van der Waals surface area (Å²) < 4.78 is 5.35. The second kappa shape index (κ2) is 5.08. The van der Waals surface area contributed by atoms with Crippen molar-refractivity contribution in [2.45, 2.75) is 38.1 Å². The number of methoxy groups -OCH3 is 1. The molecule has 1 aromatic carbocycles. The summed E-state index contributed by atoms with van der Waals surface area (Å²) in [6, 6.07) is 9.99. The monoisotopic (exact) mass is 249 g/mol. The minimum absolute atomic E-state index is 0.0184. The predicted molar refractivity (Wildman–Crippen MR) is 69.4 cm³/mol. The first-order valence-electron chi connectivity index (χ1n) is 6.10. The first kappa shape index (κ1) is 13.1. The molecule has 1 heterocycles. The zero-order valence-electron chi connectivity index (χ0n) is 11.0. The van der Waals surface area contributed by atoms with E-state index in [1.165, 1.54) is 0 Å². The summed E-state index contributed by atoms with van der Waals surface area (Å²) in [4.78, 5) is 5.35. The van der Waals surface area contributed by atoms with Crippen molar-refractivity contribution in [1.29, 1.82) is 0 Å². The highest BCUT2D eigenvalue weighted by Gasteiger charge is 2.39. The molecule has 0 aromatic heterocycles. The van der Waals surface area contributed by atoms with Gasteiger partial charge in [0.1, 0.15) is 0 Å². The SMILES string of the molecule is CO[C@]1(C)C[C@@H](c2ccccc2)C([C@@H](C)O)=NO1. The van der Waals surface area contributed by atoms with Crippen LogP contribution in [0, 0.1) is 0 Å². The van der Waals surface area contributed by atoms with Crippen molar-refractivity contribution in [2.24, 2.45) is 5.16 Å². The molecular formula is C14H19NO3. The number of oxime groups is 1. The van der Waals surface area contributed by atoms with Crippen molar-refractivity contribution in [3.63, 3.8) is 0 Å². The van der Waals surface area contributed by atoms with E-state index in [1.54, 1.807) is 14.0 Å². The Labute approximate surface area is 107 Å². The van der Waals surface area contributed by atoms with Gasteiger partial charge in [0.05, 0.1) is 11.8 Å². The van der Waals surface area contributed by atoms with Crippen LogP contribution in [0.3, 0.4) is 0 Å². The highest BCUT2D eigenvalue weighted by molar-refractivity contribution is 5.94. The van der Waals surface area contributed by atoms with Crippen LogP contribution in [0.5, 0.6) is 0 Å². The van der Waals surface area contributed by atoms with Crippen LogP contribution in [0.15, 0.2) is 35.5 Å². The van der Waals surface area contributed by atoms with Crippen LogP contribution in [-0.2, 0) is 9.57 Å². The molecule has 1 aliphatic heterocycles. The van der Waals surface area contributed by atoms with E-state index in [9.17, 15) is 5.11 Å². The lowest BCUT2D eigenvalue weighted by atomic mass is 9.85. The third-order valence-electron chi connectivity index (χ3n) is 3.34. The molecule has 0 spiro atoms. The van der Waals surface area contributed by atoms with E-state index in [4.69, 9.17) is 9.57 Å². The molecule has 1 N–H and O–H groups in total. The zero-order valence-corrected chi connectivity index (χ0v) is 11.0. The topological polar surface area (TPSA) is 51.0 Å². The average Bonchev–Trinajstić information content (AvgIpc) is 2.39. The summed E-state index contributed by atoms with van der Waals surface area (Å²) >= 11 is 0. The number of rotatable bonds is 3. The Morgan fingerprint density at radius 2 is 2.11 bits per heavy atom. The largest absolute Gasteiger partial charge is 0.387 e. The Balaban J connectivity index is 2.35. The van der Waals surface area contributed by atoms with Crippen LogP contribution in [0.4, 0.5) is 0 Å². The summed E-state index contributed by atoms with van der Waals surface area (Å²) in [5.41, 5.74) is 1.76. The molecular weight excluding hydrogens is 230 g/mol. The fourth-order valence-electron chi connectivity index (χ4n) is 2.19. The number of nitrogens with zero attached hydrogens (tertiary/aromatic N) is 1. The Kier molecular flexibility index (Phi) is 3.68. The van der Waals surface area contributed by atoms with Crippen LogP contribution < -0.4 is 0 Å². The number of hydrogen-bond acceptors (Lipinski definition) is 4. The molecule has 0 fully saturated rings. The minimum atomic E-state index is -0.737. The first-order valence-corrected chi connectivity index (χ1v) is 6.10. The average molecular weight is 249 g/mol. The standard InChI is InChI=1S/C14H19NO3/c1-10(16)13-12(11-7-5-4-6-8-11)9-14(2,17-3)18-15-13/h4-8,10,12,16H,9H2,1-3H3/t10-,12+,14+/m1/s1. The Hall–Kier alpha value is -1.39. The maximum absolute atomic E-state index is 9.80. The van der Waals surface area contributed by atoms with Crippen LogP contribution in [0.1, 0.15) is 31.7 Å². The van der Waals surface area contributed by atoms with Crippen LogP contribution in [0.2, 0.25) is 0 Å². The van der Waals surface area contributed by atoms with Crippen molar-refractivity contribution < 1.29 is 14.7 Å². The second-order valence-electron chi connectivity index (χ2n) is 4.79. The molecule has 0 saturated heterocycles. The molecule has 0 radical (unpaired) electrons. The molecule has 18 heavy (non-hydrogen) atoms. The molecule has 4 nitrogen and oxygen atoms in total. The third kappa shape index (κ3) is 2.54. The van der Waals surface area contributed by atoms with Gasteiger partial charge in [-0.15, -0.1) is 0 Å². The van der Waals surface area contributed by atoms with Gasteiger partial charge in [0.15, 0.2) is 0 Å². The summed E-state index contributed by atoms with van der Waals surface area (Å²) in [7, 11) is 1.60. The van der Waals surface area contributed by atoms with E-state index in [-0.39, 0.29) is 5.92 Å². The Morgan fingerprint density at radius 3 is 2.67 bits per heavy atom. The molecule has 1 aliphatic rings. The fraction of sp³-hybridized carbons (Fsp3) is 0.500. The predicted octanol–water partition coefficient (Wildman–Crippen LogP) is 2.29.